The van der Waals surface area contributed by atoms with Crippen LogP contribution in [0.3, 0.4) is 0 Å². The maximum Gasteiger partial charge on any atom is 0.188 e. The van der Waals surface area contributed by atoms with Gasteiger partial charge >= 0.3 is 0 Å². The SMILES string of the molecule is Clc1cccc(-c2csc(Nc3ccccn3)n2)c1Cl. The third kappa shape index (κ3) is 2.77. The molecule has 3 rings (SSSR count). The van der Waals surface area contributed by atoms with Crippen LogP contribution in [0.5, 0.6) is 0 Å². The minimum absolute atomic E-state index is 0.517. The highest BCUT2D eigenvalue weighted by Gasteiger charge is 2.10. The molecule has 0 aliphatic carbocycles. The molecule has 0 fully saturated rings. The van der Waals surface area contributed by atoms with Gasteiger partial charge in [-0.2, -0.15) is 0 Å². The van der Waals surface area contributed by atoms with E-state index in [0.717, 1.165) is 22.2 Å². The van der Waals surface area contributed by atoms with E-state index in [4.69, 9.17) is 23.2 Å². The van der Waals surface area contributed by atoms with Gasteiger partial charge in [0, 0.05) is 17.1 Å². The number of benzene rings is 1. The van der Waals surface area contributed by atoms with Gasteiger partial charge in [0.25, 0.3) is 0 Å². The number of nitrogens with zero attached hydrogens (tertiary/aromatic N) is 2. The normalized spacial score (nSPS) is 10.5. The molecular weight excluding hydrogens is 313 g/mol. The summed E-state index contributed by atoms with van der Waals surface area (Å²) in [6.45, 7) is 0. The predicted molar refractivity (Wildman–Crippen MR) is 85.1 cm³/mol. The molecule has 0 atom stereocenters. The first-order valence-electron chi connectivity index (χ1n) is 5.82. The van der Waals surface area contributed by atoms with Gasteiger partial charge in [0.15, 0.2) is 5.13 Å². The molecule has 100 valence electrons. The van der Waals surface area contributed by atoms with Gasteiger partial charge in [-0.15, -0.1) is 11.3 Å². The van der Waals surface area contributed by atoms with E-state index in [1.807, 2.05) is 35.7 Å². The summed E-state index contributed by atoms with van der Waals surface area (Å²) in [6.07, 6.45) is 1.73. The van der Waals surface area contributed by atoms with E-state index < -0.39 is 0 Å². The van der Waals surface area contributed by atoms with Gasteiger partial charge in [0.2, 0.25) is 0 Å². The molecule has 1 N–H and O–H groups in total. The van der Waals surface area contributed by atoms with Crippen LogP contribution < -0.4 is 5.32 Å². The molecule has 0 amide bonds. The Morgan fingerprint density at radius 2 is 1.95 bits per heavy atom. The zero-order valence-corrected chi connectivity index (χ0v) is 12.5. The molecule has 0 saturated carbocycles. The maximum absolute atomic E-state index is 6.20. The number of aromatic nitrogens is 2. The summed E-state index contributed by atoms with van der Waals surface area (Å²) in [5, 5.41) is 6.88. The molecular formula is C14H9Cl2N3S. The Morgan fingerprint density at radius 1 is 1.05 bits per heavy atom. The van der Waals surface area contributed by atoms with Crippen LogP contribution in [0, 0.1) is 0 Å². The zero-order valence-electron chi connectivity index (χ0n) is 10.2. The van der Waals surface area contributed by atoms with Crippen LogP contribution in [0.2, 0.25) is 10.0 Å². The van der Waals surface area contributed by atoms with Crippen molar-refractivity contribution in [2.45, 2.75) is 0 Å². The fourth-order valence-electron chi connectivity index (χ4n) is 1.70. The van der Waals surface area contributed by atoms with Crippen molar-refractivity contribution in [2.75, 3.05) is 5.32 Å². The Labute approximate surface area is 130 Å². The van der Waals surface area contributed by atoms with Crippen LogP contribution in [0.25, 0.3) is 11.3 Å². The van der Waals surface area contributed by atoms with E-state index in [2.05, 4.69) is 15.3 Å². The number of thiazole rings is 1. The number of rotatable bonds is 3. The lowest BCUT2D eigenvalue weighted by molar-refractivity contribution is 1.29. The first kappa shape index (κ1) is 13.4. The molecule has 3 nitrogen and oxygen atoms in total. The highest BCUT2D eigenvalue weighted by atomic mass is 35.5. The number of hydrogen-bond donors (Lipinski definition) is 1. The molecule has 0 aliphatic heterocycles. The van der Waals surface area contributed by atoms with Gasteiger partial charge < -0.3 is 5.32 Å². The molecule has 0 bridgehead atoms. The van der Waals surface area contributed by atoms with E-state index in [9.17, 15) is 0 Å². The first-order chi connectivity index (χ1) is 9.74. The second kappa shape index (κ2) is 5.79. The van der Waals surface area contributed by atoms with Crippen LogP contribution in [0.1, 0.15) is 0 Å². The highest BCUT2D eigenvalue weighted by Crippen LogP contribution is 2.35. The second-order valence-electron chi connectivity index (χ2n) is 3.98. The summed E-state index contributed by atoms with van der Waals surface area (Å²) in [7, 11) is 0. The third-order valence-corrected chi connectivity index (χ3v) is 4.21. The Balaban J connectivity index is 1.89. The van der Waals surface area contributed by atoms with Crippen LogP contribution in [0.15, 0.2) is 48.0 Å². The first-order valence-corrected chi connectivity index (χ1v) is 7.45. The quantitative estimate of drug-likeness (QED) is 0.715. The Kier molecular flexibility index (Phi) is 3.87. The van der Waals surface area contributed by atoms with Gasteiger partial charge in [-0.3, -0.25) is 0 Å². The van der Waals surface area contributed by atoms with Crippen LogP contribution in [0.4, 0.5) is 10.9 Å². The standard InChI is InChI=1S/C14H9Cl2N3S/c15-10-5-3-4-9(13(10)16)11-8-20-14(18-11)19-12-6-1-2-7-17-12/h1-8H,(H,17,18,19). The van der Waals surface area contributed by atoms with Gasteiger partial charge in [-0.05, 0) is 18.2 Å². The molecule has 0 aliphatic rings. The molecule has 0 unspecified atom stereocenters. The zero-order chi connectivity index (χ0) is 13.9. The number of halogens is 2. The van der Waals surface area contributed by atoms with Crippen LogP contribution in [-0.4, -0.2) is 9.97 Å². The van der Waals surface area contributed by atoms with Crippen LogP contribution in [-0.2, 0) is 0 Å². The average Bonchev–Trinajstić information content (AvgIpc) is 2.91. The molecule has 0 radical (unpaired) electrons. The van der Waals surface area contributed by atoms with E-state index >= 15 is 0 Å². The van der Waals surface area contributed by atoms with E-state index in [1.165, 1.54) is 11.3 Å². The van der Waals surface area contributed by atoms with E-state index in [1.54, 1.807) is 12.3 Å². The minimum atomic E-state index is 0.517. The Hall–Kier alpha value is -1.62. The summed E-state index contributed by atoms with van der Waals surface area (Å²) in [4.78, 5) is 8.70. The lowest BCUT2D eigenvalue weighted by Gasteiger charge is -2.02. The molecule has 0 saturated heterocycles. The van der Waals surface area contributed by atoms with Gasteiger partial charge in [0.05, 0.1) is 15.7 Å². The number of anilines is 2. The highest BCUT2D eigenvalue weighted by molar-refractivity contribution is 7.14. The lowest BCUT2D eigenvalue weighted by Crippen LogP contribution is -1.91. The van der Waals surface area contributed by atoms with Gasteiger partial charge in [-0.1, -0.05) is 41.4 Å². The summed E-state index contributed by atoms with van der Waals surface area (Å²) >= 11 is 13.7. The molecule has 0 spiro atoms. The fraction of sp³-hybridized carbons (Fsp3) is 0. The van der Waals surface area contributed by atoms with Crippen LogP contribution >= 0.6 is 34.5 Å². The Morgan fingerprint density at radius 3 is 2.75 bits per heavy atom. The van der Waals surface area contributed by atoms with Gasteiger partial charge in [0.1, 0.15) is 5.82 Å². The third-order valence-electron chi connectivity index (χ3n) is 2.63. The smallest absolute Gasteiger partial charge is 0.188 e. The largest absolute Gasteiger partial charge is 0.316 e. The number of nitrogens with one attached hydrogen (secondary N) is 1. The molecule has 3 aromatic rings. The monoisotopic (exact) mass is 321 g/mol. The fourth-order valence-corrected chi connectivity index (χ4v) is 2.82. The summed E-state index contributed by atoms with van der Waals surface area (Å²) in [6, 6.07) is 11.2. The van der Waals surface area contributed by atoms with Crippen molar-refractivity contribution >= 4 is 45.5 Å². The van der Waals surface area contributed by atoms with Crippen molar-refractivity contribution in [3.63, 3.8) is 0 Å². The van der Waals surface area contributed by atoms with Crippen molar-refractivity contribution in [2.24, 2.45) is 0 Å². The number of pyridine rings is 1. The van der Waals surface area contributed by atoms with Crippen molar-refractivity contribution in [3.8, 4) is 11.3 Å². The van der Waals surface area contributed by atoms with E-state index in [-0.39, 0.29) is 0 Å². The predicted octanol–water partition coefficient (Wildman–Crippen LogP) is 5.26. The van der Waals surface area contributed by atoms with Crippen molar-refractivity contribution < 1.29 is 0 Å². The van der Waals surface area contributed by atoms with E-state index in [0.29, 0.717) is 10.0 Å². The molecule has 6 heteroatoms. The molecule has 2 aromatic heterocycles. The maximum atomic E-state index is 6.20. The minimum Gasteiger partial charge on any atom is -0.316 e. The molecule has 20 heavy (non-hydrogen) atoms. The summed E-state index contributed by atoms with van der Waals surface area (Å²) < 4.78 is 0. The lowest BCUT2D eigenvalue weighted by atomic mass is 10.2. The van der Waals surface area contributed by atoms with Crippen molar-refractivity contribution in [1.82, 2.24) is 9.97 Å². The van der Waals surface area contributed by atoms with Gasteiger partial charge in [-0.25, -0.2) is 9.97 Å². The molecule has 2 heterocycles. The summed E-state index contributed by atoms with van der Waals surface area (Å²) in [5.41, 5.74) is 1.62. The van der Waals surface area contributed by atoms with Crippen molar-refractivity contribution in [3.05, 3.63) is 58.0 Å². The summed E-state index contributed by atoms with van der Waals surface area (Å²) in [5.74, 6) is 0.755. The number of hydrogen-bond acceptors (Lipinski definition) is 4. The second-order valence-corrected chi connectivity index (χ2v) is 5.62. The van der Waals surface area contributed by atoms with Crippen molar-refractivity contribution in [1.29, 1.82) is 0 Å². The topological polar surface area (TPSA) is 37.8 Å². The molecule has 1 aromatic carbocycles. The average molecular weight is 322 g/mol. The Bertz CT molecular complexity index is 728.